The van der Waals surface area contributed by atoms with Gasteiger partial charge in [0.05, 0.1) is 23.4 Å². The molecule has 1 aromatic carbocycles. The first-order chi connectivity index (χ1) is 11.2. The van der Waals surface area contributed by atoms with Crippen molar-refractivity contribution in [2.24, 2.45) is 0 Å². The molecule has 0 atom stereocenters. The second-order valence-corrected chi connectivity index (χ2v) is 5.25. The second kappa shape index (κ2) is 5.70. The highest BCUT2D eigenvalue weighted by Crippen LogP contribution is 2.31. The van der Waals surface area contributed by atoms with Crippen LogP contribution in [0.4, 0.5) is 18.0 Å². The van der Waals surface area contributed by atoms with Crippen LogP contribution in [0.25, 0.3) is 17.0 Å². The van der Waals surface area contributed by atoms with Crippen LogP contribution in [0.2, 0.25) is 0 Å². The maximum atomic E-state index is 12.3. The first-order valence-electron chi connectivity index (χ1n) is 6.12. The van der Waals surface area contributed by atoms with Crippen LogP contribution in [0.5, 0.6) is 11.5 Å². The average molecular weight is 407 g/mol. The van der Waals surface area contributed by atoms with Gasteiger partial charge in [0.25, 0.3) is 0 Å². The van der Waals surface area contributed by atoms with Crippen LogP contribution >= 0.6 is 15.9 Å². The molecular formula is C12H6BrF3N4O4. The summed E-state index contributed by atoms with van der Waals surface area (Å²) in [5.74, 6) is -0.325. The van der Waals surface area contributed by atoms with Gasteiger partial charge in [-0.05, 0) is 22.0 Å². The summed E-state index contributed by atoms with van der Waals surface area (Å²) in [7, 11) is 0. The largest absolute Gasteiger partial charge is 0.573 e. The SMILES string of the molecule is O=C(O)Oc1cnn(-c2nc3cc(OC(F)(F)F)cc(Br)c3[nH]2)c1. The number of imidazole rings is 1. The Kier molecular flexibility index (Phi) is 3.83. The van der Waals surface area contributed by atoms with Crippen LogP contribution < -0.4 is 9.47 Å². The molecule has 126 valence electrons. The van der Waals surface area contributed by atoms with Gasteiger partial charge in [-0.3, -0.25) is 0 Å². The van der Waals surface area contributed by atoms with Gasteiger partial charge in [0.15, 0.2) is 5.75 Å². The maximum absolute atomic E-state index is 12.3. The topological polar surface area (TPSA) is 102 Å². The van der Waals surface area contributed by atoms with Gasteiger partial charge in [-0.2, -0.15) is 5.10 Å². The van der Waals surface area contributed by atoms with Gasteiger partial charge in [-0.1, -0.05) is 0 Å². The minimum Gasteiger partial charge on any atom is -0.449 e. The molecule has 0 aliphatic carbocycles. The number of aromatic nitrogens is 4. The van der Waals surface area contributed by atoms with Crippen molar-refractivity contribution in [2.75, 3.05) is 0 Å². The van der Waals surface area contributed by atoms with E-state index in [1.54, 1.807) is 0 Å². The van der Waals surface area contributed by atoms with E-state index in [-0.39, 0.29) is 17.2 Å². The minimum atomic E-state index is -4.82. The summed E-state index contributed by atoms with van der Waals surface area (Å²) in [4.78, 5) is 17.4. The van der Waals surface area contributed by atoms with E-state index in [9.17, 15) is 18.0 Å². The summed E-state index contributed by atoms with van der Waals surface area (Å²) in [5.41, 5.74) is 0.602. The number of aromatic amines is 1. The third-order valence-electron chi connectivity index (χ3n) is 2.72. The number of halogens is 4. The Labute approximate surface area is 138 Å². The lowest BCUT2D eigenvalue weighted by Gasteiger charge is -2.08. The summed E-state index contributed by atoms with van der Waals surface area (Å²) in [5, 5.41) is 12.4. The third kappa shape index (κ3) is 3.42. The first-order valence-corrected chi connectivity index (χ1v) is 6.91. The summed E-state index contributed by atoms with van der Waals surface area (Å²) in [6.45, 7) is 0. The van der Waals surface area contributed by atoms with E-state index >= 15 is 0 Å². The Morgan fingerprint density at radius 2 is 2.08 bits per heavy atom. The van der Waals surface area contributed by atoms with E-state index in [4.69, 9.17) is 5.11 Å². The van der Waals surface area contributed by atoms with Gasteiger partial charge in [0, 0.05) is 10.5 Å². The molecule has 0 fully saturated rings. The molecular weight excluding hydrogens is 401 g/mol. The average Bonchev–Trinajstić information content (AvgIpc) is 3.02. The van der Waals surface area contributed by atoms with Crippen LogP contribution in [-0.2, 0) is 0 Å². The van der Waals surface area contributed by atoms with Crippen LogP contribution in [-0.4, -0.2) is 37.4 Å². The highest BCUT2D eigenvalue weighted by atomic mass is 79.9. The molecule has 2 aromatic heterocycles. The van der Waals surface area contributed by atoms with E-state index in [0.29, 0.717) is 9.99 Å². The fraction of sp³-hybridized carbons (Fsp3) is 0.0833. The molecule has 0 saturated heterocycles. The standard InChI is InChI=1S/C12H6BrF3N4O4/c13-7-1-5(24-12(14,15)16)2-8-9(7)19-10(18-8)20-4-6(3-17-20)23-11(21)22/h1-4H,(H,18,19)(H,21,22). The molecule has 0 aliphatic rings. The molecule has 2 N–H and O–H groups in total. The van der Waals surface area contributed by atoms with Crippen molar-refractivity contribution in [3.63, 3.8) is 0 Å². The minimum absolute atomic E-state index is 0.0388. The summed E-state index contributed by atoms with van der Waals surface area (Å²) < 4.78 is 46.7. The number of rotatable bonds is 3. The Morgan fingerprint density at radius 3 is 2.75 bits per heavy atom. The molecule has 3 aromatic rings. The molecule has 0 saturated carbocycles. The number of carbonyl (C=O) groups is 1. The number of alkyl halides is 3. The highest BCUT2D eigenvalue weighted by molar-refractivity contribution is 9.10. The summed E-state index contributed by atoms with van der Waals surface area (Å²) >= 11 is 3.13. The van der Waals surface area contributed by atoms with E-state index in [1.807, 2.05) is 0 Å². The number of hydrogen-bond acceptors (Lipinski definition) is 5. The predicted octanol–water partition coefficient (Wildman–Crippen LogP) is 3.47. The van der Waals surface area contributed by atoms with Crippen molar-refractivity contribution in [3.05, 3.63) is 29.0 Å². The monoisotopic (exact) mass is 406 g/mol. The Morgan fingerprint density at radius 1 is 1.33 bits per heavy atom. The number of fused-ring (bicyclic) bond motifs is 1. The van der Waals surface area contributed by atoms with Gasteiger partial charge in [-0.25, -0.2) is 14.5 Å². The van der Waals surface area contributed by atoms with E-state index in [2.05, 4.69) is 40.5 Å². The van der Waals surface area contributed by atoms with Crippen molar-refractivity contribution in [3.8, 4) is 17.4 Å². The van der Waals surface area contributed by atoms with Gasteiger partial charge < -0.3 is 19.6 Å². The summed E-state index contributed by atoms with van der Waals surface area (Å²) in [6, 6.07) is 2.24. The summed E-state index contributed by atoms with van der Waals surface area (Å²) in [6.07, 6.45) is -3.94. The number of benzene rings is 1. The number of H-pyrrole nitrogens is 1. The van der Waals surface area contributed by atoms with Crippen molar-refractivity contribution < 1.29 is 32.5 Å². The van der Waals surface area contributed by atoms with Crippen LogP contribution in [0.3, 0.4) is 0 Å². The van der Waals surface area contributed by atoms with Crippen LogP contribution in [0.15, 0.2) is 29.0 Å². The number of nitrogens with zero attached hydrogens (tertiary/aromatic N) is 3. The lowest BCUT2D eigenvalue weighted by Crippen LogP contribution is -2.17. The fourth-order valence-electron chi connectivity index (χ4n) is 1.91. The molecule has 0 radical (unpaired) electrons. The van der Waals surface area contributed by atoms with Crippen molar-refractivity contribution in [1.82, 2.24) is 19.7 Å². The molecule has 12 heteroatoms. The Balaban J connectivity index is 1.97. The zero-order valence-corrected chi connectivity index (χ0v) is 12.9. The van der Waals surface area contributed by atoms with E-state index < -0.39 is 18.3 Å². The molecule has 24 heavy (non-hydrogen) atoms. The molecule has 2 heterocycles. The number of nitrogens with one attached hydrogen (secondary N) is 1. The van der Waals surface area contributed by atoms with Crippen molar-refractivity contribution in [1.29, 1.82) is 0 Å². The van der Waals surface area contributed by atoms with Crippen LogP contribution in [0, 0.1) is 0 Å². The number of carboxylic acid groups (broad SMARTS) is 1. The zero-order valence-electron chi connectivity index (χ0n) is 11.3. The Hall–Kier alpha value is -2.76. The smallest absolute Gasteiger partial charge is 0.449 e. The zero-order chi connectivity index (χ0) is 17.5. The number of hydrogen-bond donors (Lipinski definition) is 2. The van der Waals surface area contributed by atoms with Crippen molar-refractivity contribution in [2.45, 2.75) is 6.36 Å². The van der Waals surface area contributed by atoms with Crippen LogP contribution in [0.1, 0.15) is 0 Å². The fourth-order valence-corrected chi connectivity index (χ4v) is 2.44. The third-order valence-corrected chi connectivity index (χ3v) is 3.35. The van der Waals surface area contributed by atoms with Crippen molar-refractivity contribution >= 4 is 33.1 Å². The normalized spacial score (nSPS) is 11.7. The highest BCUT2D eigenvalue weighted by Gasteiger charge is 2.31. The quantitative estimate of drug-likeness (QED) is 0.645. The van der Waals surface area contributed by atoms with Gasteiger partial charge >= 0.3 is 12.5 Å². The maximum Gasteiger partial charge on any atom is 0.573 e. The molecule has 0 aliphatic heterocycles. The van der Waals surface area contributed by atoms with Gasteiger partial charge in [0.2, 0.25) is 5.95 Å². The molecule has 0 spiro atoms. The molecule has 0 amide bonds. The second-order valence-electron chi connectivity index (χ2n) is 4.40. The molecule has 0 bridgehead atoms. The Bertz CT molecular complexity index is 921. The lowest BCUT2D eigenvalue weighted by atomic mass is 10.3. The molecule has 0 unspecified atom stereocenters. The predicted molar refractivity (Wildman–Crippen MR) is 76.3 cm³/mol. The molecule has 3 rings (SSSR count). The van der Waals surface area contributed by atoms with E-state index in [1.165, 1.54) is 10.9 Å². The number of ether oxygens (including phenoxy) is 2. The van der Waals surface area contributed by atoms with Gasteiger partial charge in [0.1, 0.15) is 5.75 Å². The molecule has 8 nitrogen and oxygen atoms in total. The van der Waals surface area contributed by atoms with Gasteiger partial charge in [-0.15, -0.1) is 13.2 Å². The van der Waals surface area contributed by atoms with E-state index in [0.717, 1.165) is 18.3 Å². The first kappa shape index (κ1) is 16.1. The lowest BCUT2D eigenvalue weighted by molar-refractivity contribution is -0.274.